The maximum absolute atomic E-state index is 14.0. The van der Waals surface area contributed by atoms with Crippen molar-refractivity contribution in [1.29, 1.82) is 0 Å². The molecule has 2 aliphatic heterocycles. The van der Waals surface area contributed by atoms with Gasteiger partial charge in [0.2, 0.25) is 0 Å². The molecule has 0 N–H and O–H groups in total. The van der Waals surface area contributed by atoms with E-state index in [2.05, 4.69) is 31.0 Å². The molecule has 0 atom stereocenters. The second-order valence-corrected chi connectivity index (χ2v) is 6.79. The molecule has 0 aliphatic carbocycles. The smallest absolute Gasteiger partial charge is 0.266 e. The summed E-state index contributed by atoms with van der Waals surface area (Å²) >= 11 is 3.15. The number of aromatic nitrogens is 4. The van der Waals surface area contributed by atoms with E-state index < -0.39 is 16.6 Å². The van der Waals surface area contributed by atoms with Gasteiger partial charge >= 0.3 is 0 Å². The molecule has 140 valence electrons. The van der Waals surface area contributed by atoms with Crippen molar-refractivity contribution >= 4 is 21.6 Å². The van der Waals surface area contributed by atoms with Crippen molar-refractivity contribution in [2.45, 2.75) is 6.54 Å². The third kappa shape index (κ3) is 3.33. The van der Waals surface area contributed by atoms with E-state index in [1.54, 1.807) is 18.3 Å². The molecule has 0 fully saturated rings. The topological polar surface area (TPSA) is 86.7 Å². The van der Waals surface area contributed by atoms with Gasteiger partial charge < -0.3 is 0 Å². The Morgan fingerprint density at radius 1 is 1.14 bits per heavy atom. The van der Waals surface area contributed by atoms with E-state index in [4.69, 9.17) is 0 Å². The third-order valence-electron chi connectivity index (χ3n) is 4.06. The fraction of sp³-hybridized carbons (Fsp3) is 0.0556. The fourth-order valence-electron chi connectivity index (χ4n) is 2.73. The largest absolute Gasteiger partial charge is 0.283 e. The highest BCUT2D eigenvalue weighted by atomic mass is 79.9. The summed E-state index contributed by atoms with van der Waals surface area (Å²) in [7, 11) is 0. The van der Waals surface area contributed by atoms with Crippen LogP contribution in [-0.4, -0.2) is 24.7 Å². The molecule has 28 heavy (non-hydrogen) atoms. The van der Waals surface area contributed by atoms with E-state index in [9.17, 15) is 18.9 Å². The molecule has 0 saturated heterocycles. The summed E-state index contributed by atoms with van der Waals surface area (Å²) in [5, 5.41) is 15.3. The molecule has 0 spiro atoms. The first kappa shape index (κ1) is 18.1. The van der Waals surface area contributed by atoms with Crippen LogP contribution in [0.1, 0.15) is 5.56 Å². The molecule has 4 rings (SSSR count). The number of benzene rings is 2. The molecule has 2 aliphatic rings. The quantitative estimate of drug-likeness (QED) is 0.342. The van der Waals surface area contributed by atoms with E-state index >= 15 is 0 Å². The van der Waals surface area contributed by atoms with Gasteiger partial charge in [0.15, 0.2) is 17.5 Å². The predicted molar refractivity (Wildman–Crippen MR) is 99.7 cm³/mol. The van der Waals surface area contributed by atoms with Crippen LogP contribution in [0.4, 0.5) is 14.5 Å². The minimum Gasteiger partial charge on any atom is -0.266 e. The molecule has 2 aromatic carbocycles. The lowest BCUT2D eigenvalue weighted by atomic mass is 10.2. The van der Waals surface area contributed by atoms with Crippen LogP contribution in [-0.2, 0) is 6.54 Å². The SMILES string of the molecule is O=[N+]([O-])c1cc(Cn2cc3nc(-c4cccc(F)c4F)nc-3cn2)ccc1Br. The first-order valence-corrected chi connectivity index (χ1v) is 8.79. The zero-order chi connectivity index (χ0) is 19.8. The average Bonchev–Trinajstić information content (AvgIpc) is 3.08. The summed E-state index contributed by atoms with van der Waals surface area (Å²) in [6.07, 6.45) is 3.05. The second-order valence-electron chi connectivity index (χ2n) is 5.93. The van der Waals surface area contributed by atoms with Gasteiger partial charge in [-0.15, -0.1) is 0 Å². The molecular formula is C18H10BrF2N5O2. The van der Waals surface area contributed by atoms with Crippen molar-refractivity contribution in [2.75, 3.05) is 0 Å². The Kier molecular flexibility index (Phi) is 4.55. The average molecular weight is 446 g/mol. The number of imidazole rings is 1. The lowest BCUT2D eigenvalue weighted by molar-refractivity contribution is -0.385. The molecule has 7 nitrogen and oxygen atoms in total. The summed E-state index contributed by atoms with van der Waals surface area (Å²) < 4.78 is 29.4. The molecule has 0 bridgehead atoms. The van der Waals surface area contributed by atoms with Crippen LogP contribution in [0, 0.1) is 21.7 Å². The van der Waals surface area contributed by atoms with Crippen LogP contribution in [0.25, 0.3) is 22.8 Å². The van der Waals surface area contributed by atoms with Crippen molar-refractivity contribution in [1.82, 2.24) is 19.7 Å². The number of rotatable bonds is 4. The lowest BCUT2D eigenvalue weighted by Crippen LogP contribution is -2.06. The molecule has 0 radical (unpaired) electrons. The molecule has 0 aromatic heterocycles. The van der Waals surface area contributed by atoms with Crippen LogP contribution in [0.5, 0.6) is 0 Å². The first-order valence-electron chi connectivity index (χ1n) is 8.00. The summed E-state index contributed by atoms with van der Waals surface area (Å²) in [5.74, 6) is -1.93. The Balaban J connectivity index is 1.68. The zero-order valence-electron chi connectivity index (χ0n) is 14.0. The van der Waals surface area contributed by atoms with Gasteiger partial charge in [-0.2, -0.15) is 5.10 Å². The fourth-order valence-corrected chi connectivity index (χ4v) is 3.12. The molecular weight excluding hydrogens is 436 g/mol. The molecule has 10 heteroatoms. The number of nitro benzene ring substituents is 1. The maximum Gasteiger partial charge on any atom is 0.283 e. The minimum atomic E-state index is -1.01. The van der Waals surface area contributed by atoms with Gasteiger partial charge in [0.1, 0.15) is 11.4 Å². The van der Waals surface area contributed by atoms with E-state index in [1.807, 2.05) is 0 Å². The van der Waals surface area contributed by atoms with Gasteiger partial charge in [-0.1, -0.05) is 12.1 Å². The van der Waals surface area contributed by atoms with E-state index in [1.165, 1.54) is 29.1 Å². The molecule has 0 saturated carbocycles. The summed E-state index contributed by atoms with van der Waals surface area (Å²) in [5.41, 5.74) is 1.46. The highest BCUT2D eigenvalue weighted by Gasteiger charge is 2.18. The van der Waals surface area contributed by atoms with Gasteiger partial charge in [0, 0.05) is 6.07 Å². The lowest BCUT2D eigenvalue weighted by Gasteiger charge is -2.07. The normalized spacial score (nSPS) is 11.1. The Morgan fingerprint density at radius 3 is 2.71 bits per heavy atom. The number of halogens is 3. The number of hydrogen-bond donors (Lipinski definition) is 0. The zero-order valence-corrected chi connectivity index (χ0v) is 15.6. The number of fused-ring (bicyclic) bond motifs is 1. The van der Waals surface area contributed by atoms with Gasteiger partial charge in [0.25, 0.3) is 5.69 Å². The van der Waals surface area contributed by atoms with Crippen molar-refractivity contribution in [2.24, 2.45) is 0 Å². The number of hydrogen-bond acceptors (Lipinski definition) is 5. The highest BCUT2D eigenvalue weighted by Crippen LogP contribution is 2.28. The summed E-state index contributed by atoms with van der Waals surface area (Å²) in [6, 6.07) is 8.59. The third-order valence-corrected chi connectivity index (χ3v) is 4.73. The number of nitro groups is 1. The Bertz CT molecular complexity index is 1180. The van der Waals surface area contributed by atoms with E-state index in [-0.39, 0.29) is 23.6 Å². The van der Waals surface area contributed by atoms with Crippen molar-refractivity contribution in [3.05, 3.63) is 80.6 Å². The summed E-state index contributed by atoms with van der Waals surface area (Å²) in [6.45, 7) is 0.264. The monoisotopic (exact) mass is 445 g/mol. The van der Waals surface area contributed by atoms with Gasteiger partial charge in [-0.05, 0) is 39.7 Å². The van der Waals surface area contributed by atoms with Crippen LogP contribution in [0.3, 0.4) is 0 Å². The predicted octanol–water partition coefficient (Wildman–Crippen LogP) is 4.44. The molecule has 0 amide bonds. The second kappa shape index (κ2) is 7.04. The Hall–Kier alpha value is -3.27. The van der Waals surface area contributed by atoms with Crippen LogP contribution >= 0.6 is 15.9 Å². The minimum absolute atomic E-state index is 0.0358. The molecule has 2 heterocycles. The van der Waals surface area contributed by atoms with Crippen LogP contribution < -0.4 is 0 Å². The Labute approximate surface area is 165 Å². The molecule has 0 unspecified atom stereocenters. The van der Waals surface area contributed by atoms with Crippen molar-refractivity contribution in [3.8, 4) is 22.8 Å². The highest BCUT2D eigenvalue weighted by molar-refractivity contribution is 9.10. The Morgan fingerprint density at radius 2 is 1.93 bits per heavy atom. The van der Waals surface area contributed by atoms with Gasteiger partial charge in [-0.3, -0.25) is 14.8 Å². The summed E-state index contributed by atoms with van der Waals surface area (Å²) in [4.78, 5) is 19.0. The van der Waals surface area contributed by atoms with Gasteiger partial charge in [0.05, 0.1) is 33.9 Å². The van der Waals surface area contributed by atoms with Crippen LogP contribution in [0.2, 0.25) is 0 Å². The van der Waals surface area contributed by atoms with Crippen molar-refractivity contribution < 1.29 is 13.7 Å². The standard InChI is InChI=1S/C18H10BrF2N5O2/c19-12-5-4-10(6-16(12)26(27)28)8-25-9-15-14(7-22-25)23-18(24-15)11-2-1-3-13(20)17(11)21/h1-7,9H,8H2. The number of nitrogens with zero attached hydrogens (tertiary/aromatic N) is 5. The van der Waals surface area contributed by atoms with E-state index in [0.717, 1.165) is 6.07 Å². The maximum atomic E-state index is 14.0. The van der Waals surface area contributed by atoms with Gasteiger partial charge in [-0.25, -0.2) is 18.7 Å². The van der Waals surface area contributed by atoms with E-state index in [0.29, 0.717) is 21.4 Å². The van der Waals surface area contributed by atoms with Crippen LogP contribution in [0.15, 0.2) is 53.3 Å². The molecule has 2 aromatic rings. The van der Waals surface area contributed by atoms with Crippen molar-refractivity contribution in [3.63, 3.8) is 0 Å². The first-order chi connectivity index (χ1) is 13.4.